The Hall–Kier alpha value is -2.83. The van der Waals surface area contributed by atoms with Gasteiger partial charge in [0.25, 0.3) is 5.56 Å². The number of nitrogens with zero attached hydrogens (tertiary/aromatic N) is 2. The van der Waals surface area contributed by atoms with E-state index in [1.807, 2.05) is 6.92 Å². The number of hydrogen-bond donors (Lipinski definition) is 2. The fourth-order valence-corrected chi connectivity index (χ4v) is 2.10. The molecule has 2 rings (SSSR count). The minimum absolute atomic E-state index is 0.0868. The van der Waals surface area contributed by atoms with Crippen LogP contribution in [-0.4, -0.2) is 28.7 Å². The first-order chi connectivity index (χ1) is 11.5. The quantitative estimate of drug-likeness (QED) is 0.849. The van der Waals surface area contributed by atoms with E-state index in [4.69, 9.17) is 4.74 Å². The number of hydrogen-bond acceptors (Lipinski definition) is 4. The largest absolute Gasteiger partial charge is 0.494 e. The number of rotatable bonds is 6. The van der Waals surface area contributed by atoms with Crippen molar-refractivity contribution in [2.45, 2.75) is 27.3 Å². The summed E-state index contributed by atoms with van der Waals surface area (Å²) in [6.07, 6.45) is 1.50. The van der Waals surface area contributed by atoms with Gasteiger partial charge in [-0.15, -0.1) is 0 Å². The molecule has 0 saturated heterocycles. The zero-order valence-corrected chi connectivity index (χ0v) is 14.1. The number of nitrogens with one attached hydrogen (secondary N) is 2. The summed E-state index contributed by atoms with van der Waals surface area (Å²) < 4.78 is 6.83. The second-order valence-corrected chi connectivity index (χ2v) is 5.29. The molecule has 2 N–H and O–H groups in total. The number of urea groups is 1. The lowest BCUT2D eigenvalue weighted by molar-refractivity contribution is 0.251. The lowest BCUT2D eigenvalue weighted by Gasteiger charge is -2.10. The molecule has 0 radical (unpaired) electrons. The smallest absolute Gasteiger partial charge is 0.319 e. The van der Waals surface area contributed by atoms with Crippen molar-refractivity contribution >= 4 is 11.7 Å². The van der Waals surface area contributed by atoms with Gasteiger partial charge in [0.2, 0.25) is 0 Å². The summed E-state index contributed by atoms with van der Waals surface area (Å²) in [5, 5.41) is 5.44. The van der Waals surface area contributed by atoms with Gasteiger partial charge in [-0.1, -0.05) is 0 Å². The van der Waals surface area contributed by atoms with Crippen LogP contribution >= 0.6 is 0 Å². The van der Waals surface area contributed by atoms with Crippen molar-refractivity contribution in [2.24, 2.45) is 0 Å². The van der Waals surface area contributed by atoms with Gasteiger partial charge in [0.1, 0.15) is 5.75 Å². The predicted octanol–water partition coefficient (Wildman–Crippen LogP) is 2.08. The Labute approximate surface area is 140 Å². The van der Waals surface area contributed by atoms with Crippen LogP contribution in [0.4, 0.5) is 10.5 Å². The van der Waals surface area contributed by atoms with Crippen LogP contribution in [0.2, 0.25) is 0 Å². The molecule has 0 unspecified atom stereocenters. The van der Waals surface area contributed by atoms with E-state index in [2.05, 4.69) is 15.6 Å². The Morgan fingerprint density at radius 1 is 1.25 bits per heavy atom. The van der Waals surface area contributed by atoms with Gasteiger partial charge in [0.05, 0.1) is 12.9 Å². The molecule has 1 aromatic carbocycles. The predicted molar refractivity (Wildman–Crippen MR) is 92.6 cm³/mol. The average Bonchev–Trinajstić information content (AvgIpc) is 2.57. The average molecular weight is 330 g/mol. The van der Waals surface area contributed by atoms with Crippen molar-refractivity contribution in [3.63, 3.8) is 0 Å². The molecule has 2 amide bonds. The number of ether oxygens (including phenoxy) is 1. The first kappa shape index (κ1) is 17.5. The second kappa shape index (κ2) is 8.14. The van der Waals surface area contributed by atoms with E-state index in [9.17, 15) is 9.59 Å². The third-order valence-corrected chi connectivity index (χ3v) is 3.58. The zero-order valence-electron chi connectivity index (χ0n) is 14.1. The summed E-state index contributed by atoms with van der Waals surface area (Å²) in [6.45, 7) is 6.74. The van der Waals surface area contributed by atoms with Crippen molar-refractivity contribution in [3.8, 4) is 5.75 Å². The van der Waals surface area contributed by atoms with Crippen LogP contribution in [0.15, 0.2) is 35.4 Å². The van der Waals surface area contributed by atoms with Gasteiger partial charge in [-0.3, -0.25) is 9.36 Å². The number of benzene rings is 1. The SMILES string of the molecule is CCOc1ccc(NC(=O)NCCn2cnc(C)c(C)c2=O)cc1. The fraction of sp³-hybridized carbons (Fsp3) is 0.353. The molecule has 1 aromatic heterocycles. The molecule has 0 atom stereocenters. The zero-order chi connectivity index (χ0) is 17.5. The molecule has 7 heteroatoms. The summed E-state index contributed by atoms with van der Waals surface area (Å²) in [4.78, 5) is 28.0. The normalized spacial score (nSPS) is 10.3. The van der Waals surface area contributed by atoms with Gasteiger partial charge in [0, 0.05) is 30.0 Å². The summed E-state index contributed by atoms with van der Waals surface area (Å²) in [5.74, 6) is 0.755. The second-order valence-electron chi connectivity index (χ2n) is 5.29. The van der Waals surface area contributed by atoms with Gasteiger partial charge >= 0.3 is 6.03 Å². The molecule has 1 heterocycles. The summed E-state index contributed by atoms with van der Waals surface area (Å²) in [5.41, 5.74) is 1.92. The Morgan fingerprint density at radius 3 is 2.62 bits per heavy atom. The monoisotopic (exact) mass is 330 g/mol. The fourth-order valence-electron chi connectivity index (χ4n) is 2.10. The molecule has 0 aliphatic heterocycles. The Bertz CT molecular complexity index is 753. The number of amides is 2. The highest BCUT2D eigenvalue weighted by atomic mass is 16.5. The maximum absolute atomic E-state index is 12.0. The van der Waals surface area contributed by atoms with E-state index >= 15 is 0 Å². The molecular formula is C17H22N4O3. The lowest BCUT2D eigenvalue weighted by Crippen LogP contribution is -2.34. The lowest BCUT2D eigenvalue weighted by atomic mass is 10.3. The Morgan fingerprint density at radius 2 is 1.96 bits per heavy atom. The third-order valence-electron chi connectivity index (χ3n) is 3.58. The van der Waals surface area contributed by atoms with E-state index in [1.54, 1.807) is 38.1 Å². The minimum Gasteiger partial charge on any atom is -0.494 e. The van der Waals surface area contributed by atoms with Gasteiger partial charge in [0.15, 0.2) is 0 Å². The summed E-state index contributed by atoms with van der Waals surface area (Å²) in [6, 6.07) is 6.78. The van der Waals surface area contributed by atoms with Crippen molar-refractivity contribution in [3.05, 3.63) is 52.2 Å². The molecule has 0 spiro atoms. The highest BCUT2D eigenvalue weighted by Gasteiger charge is 2.05. The van der Waals surface area contributed by atoms with Crippen LogP contribution < -0.4 is 20.9 Å². The number of carbonyl (C=O) groups excluding carboxylic acids is 1. The topological polar surface area (TPSA) is 85.2 Å². The van der Waals surface area contributed by atoms with E-state index in [0.29, 0.717) is 30.9 Å². The van der Waals surface area contributed by atoms with E-state index in [1.165, 1.54) is 10.9 Å². The van der Waals surface area contributed by atoms with Crippen molar-refractivity contribution in [1.29, 1.82) is 0 Å². The summed E-state index contributed by atoms with van der Waals surface area (Å²) >= 11 is 0. The maximum atomic E-state index is 12.0. The van der Waals surface area contributed by atoms with Gasteiger partial charge in [-0.2, -0.15) is 0 Å². The van der Waals surface area contributed by atoms with E-state index < -0.39 is 0 Å². The number of aromatic nitrogens is 2. The minimum atomic E-state index is -0.330. The first-order valence-corrected chi connectivity index (χ1v) is 7.81. The van der Waals surface area contributed by atoms with Crippen LogP contribution in [0.25, 0.3) is 0 Å². The van der Waals surface area contributed by atoms with Crippen molar-refractivity contribution in [2.75, 3.05) is 18.5 Å². The molecule has 7 nitrogen and oxygen atoms in total. The molecular weight excluding hydrogens is 308 g/mol. The van der Waals surface area contributed by atoms with Crippen LogP contribution in [-0.2, 0) is 6.54 Å². The van der Waals surface area contributed by atoms with Crippen LogP contribution in [0.5, 0.6) is 5.75 Å². The Balaban J connectivity index is 1.83. The molecule has 0 bridgehead atoms. The maximum Gasteiger partial charge on any atom is 0.319 e. The molecule has 0 aliphatic carbocycles. The highest BCUT2D eigenvalue weighted by Crippen LogP contribution is 2.15. The van der Waals surface area contributed by atoms with E-state index in [-0.39, 0.29) is 11.6 Å². The summed E-state index contributed by atoms with van der Waals surface area (Å²) in [7, 11) is 0. The molecule has 0 fully saturated rings. The van der Waals surface area contributed by atoms with Crippen LogP contribution in [0, 0.1) is 13.8 Å². The molecule has 0 saturated carbocycles. The standard InChI is InChI=1S/C17H22N4O3/c1-4-24-15-7-5-14(6-8-15)20-17(23)18-9-10-21-11-19-13(3)12(2)16(21)22/h5-8,11H,4,9-10H2,1-3H3,(H2,18,20,23). The first-order valence-electron chi connectivity index (χ1n) is 7.81. The number of aryl methyl sites for hydroxylation is 1. The van der Waals surface area contributed by atoms with Gasteiger partial charge in [-0.05, 0) is 45.0 Å². The third kappa shape index (κ3) is 4.58. The van der Waals surface area contributed by atoms with Crippen molar-refractivity contribution < 1.29 is 9.53 Å². The number of anilines is 1. The van der Waals surface area contributed by atoms with Crippen LogP contribution in [0.1, 0.15) is 18.2 Å². The van der Waals surface area contributed by atoms with Gasteiger partial charge in [-0.25, -0.2) is 9.78 Å². The molecule has 2 aromatic rings. The Kier molecular flexibility index (Phi) is 5.95. The molecule has 0 aliphatic rings. The van der Waals surface area contributed by atoms with Gasteiger partial charge < -0.3 is 15.4 Å². The van der Waals surface area contributed by atoms with Crippen LogP contribution in [0.3, 0.4) is 0 Å². The highest BCUT2D eigenvalue weighted by molar-refractivity contribution is 5.89. The number of carbonyl (C=O) groups is 1. The molecule has 24 heavy (non-hydrogen) atoms. The van der Waals surface area contributed by atoms with Crippen molar-refractivity contribution in [1.82, 2.24) is 14.9 Å². The molecule has 128 valence electrons. The van der Waals surface area contributed by atoms with E-state index in [0.717, 1.165) is 11.4 Å².